The maximum absolute atomic E-state index is 12.4. The van der Waals surface area contributed by atoms with Gasteiger partial charge in [0.2, 0.25) is 6.33 Å². The predicted molar refractivity (Wildman–Crippen MR) is 73.5 cm³/mol. The van der Waals surface area contributed by atoms with E-state index in [4.69, 9.17) is 0 Å². The number of carbonyl (C=O) groups excluding carboxylic acids is 1. The van der Waals surface area contributed by atoms with E-state index in [1.165, 1.54) is 16.1 Å². The second-order valence-corrected chi connectivity index (χ2v) is 5.04. The minimum absolute atomic E-state index is 0.123. The van der Waals surface area contributed by atoms with Crippen LogP contribution in [-0.2, 0) is 25.4 Å². The zero-order valence-corrected chi connectivity index (χ0v) is 12.0. The minimum Gasteiger partial charge on any atom is -0.300 e. The van der Waals surface area contributed by atoms with Gasteiger partial charge in [-0.3, -0.25) is 13.9 Å². The number of ketones is 1. The third-order valence-corrected chi connectivity index (χ3v) is 3.43. The smallest absolute Gasteiger partial charge is 0.300 e. The summed E-state index contributed by atoms with van der Waals surface area (Å²) < 4.78 is 4.33. The Morgan fingerprint density at radius 3 is 2.70 bits per heavy atom. The quantitative estimate of drug-likeness (QED) is 0.598. The third kappa shape index (κ3) is 2.43. The van der Waals surface area contributed by atoms with Crippen molar-refractivity contribution in [3.8, 4) is 0 Å². The minimum atomic E-state index is -0.340. The largest absolute Gasteiger partial charge is 0.334 e. The Bertz CT molecular complexity index is 766. The Morgan fingerprint density at radius 1 is 1.35 bits per heavy atom. The number of hydrogen-bond donors (Lipinski definition) is 1. The molecule has 0 bridgehead atoms. The molecule has 1 N–H and O–H groups in total. The first-order valence-corrected chi connectivity index (χ1v) is 6.59. The first-order valence-electron chi connectivity index (χ1n) is 6.59. The average Bonchev–Trinajstić information content (AvgIpc) is 2.77. The zero-order chi connectivity index (χ0) is 14.9. The maximum atomic E-state index is 12.4. The summed E-state index contributed by atoms with van der Waals surface area (Å²) in [7, 11) is 3.39. The molecule has 2 rings (SSSR count). The number of carbonyl (C=O) groups is 1. The predicted octanol–water partition coefficient (Wildman–Crippen LogP) is -0.388. The number of aryl methyl sites for hydroxylation is 2. The molecule has 0 spiro atoms. The van der Waals surface area contributed by atoms with Gasteiger partial charge in [0.1, 0.15) is 5.78 Å². The molecule has 0 aliphatic rings. The lowest BCUT2D eigenvalue weighted by atomic mass is 10.2. The molecule has 0 saturated heterocycles. The highest BCUT2D eigenvalue weighted by Gasteiger charge is 2.19. The van der Waals surface area contributed by atoms with Gasteiger partial charge in [0.15, 0.2) is 0 Å². The molecule has 0 atom stereocenters. The van der Waals surface area contributed by atoms with Crippen molar-refractivity contribution in [3.05, 3.63) is 27.2 Å². The lowest BCUT2D eigenvalue weighted by Gasteiger charge is -2.06. The average molecular weight is 279 g/mol. The Hall–Kier alpha value is -2.18. The number of unbranched alkanes of at least 4 members (excludes halogenated alkanes) is 1. The molecule has 2 heterocycles. The summed E-state index contributed by atoms with van der Waals surface area (Å²) in [6.07, 6.45) is 3.44. The summed E-state index contributed by atoms with van der Waals surface area (Å²) in [4.78, 5) is 38.3. The van der Waals surface area contributed by atoms with Crippen molar-refractivity contribution in [1.29, 1.82) is 0 Å². The van der Waals surface area contributed by atoms with Gasteiger partial charge in [-0.1, -0.05) is 0 Å². The van der Waals surface area contributed by atoms with Crippen LogP contribution in [0.5, 0.6) is 0 Å². The molecule has 0 unspecified atom stereocenters. The van der Waals surface area contributed by atoms with Crippen molar-refractivity contribution in [3.63, 3.8) is 0 Å². The number of Topliss-reactive ketones (excluding diaryl/α,β-unsaturated/α-hetero) is 1. The summed E-state index contributed by atoms with van der Waals surface area (Å²) in [6, 6.07) is 0. The van der Waals surface area contributed by atoms with Crippen LogP contribution in [0.25, 0.3) is 11.2 Å². The Labute approximate surface area is 115 Å². The van der Waals surface area contributed by atoms with Crippen LogP contribution in [0, 0.1) is 0 Å². The molecule has 0 fully saturated rings. The molecule has 0 radical (unpaired) electrons. The lowest BCUT2D eigenvalue weighted by Crippen LogP contribution is -2.43. The fourth-order valence-electron chi connectivity index (χ4n) is 2.30. The van der Waals surface area contributed by atoms with Gasteiger partial charge >= 0.3 is 11.2 Å². The maximum Gasteiger partial charge on any atom is 0.334 e. The highest BCUT2D eigenvalue weighted by atomic mass is 16.2. The van der Waals surface area contributed by atoms with Crippen molar-refractivity contribution < 1.29 is 9.36 Å². The second-order valence-electron chi connectivity index (χ2n) is 5.04. The molecule has 0 aliphatic heterocycles. The summed E-state index contributed by atoms with van der Waals surface area (Å²) in [5, 5.41) is 0. The van der Waals surface area contributed by atoms with E-state index in [-0.39, 0.29) is 17.0 Å². The van der Waals surface area contributed by atoms with Gasteiger partial charge in [0, 0.05) is 20.0 Å². The van der Waals surface area contributed by atoms with E-state index < -0.39 is 0 Å². The molecule has 7 nitrogen and oxygen atoms in total. The number of imidazole rings is 1. The number of hydrogen-bond acceptors (Lipinski definition) is 3. The van der Waals surface area contributed by atoms with Crippen LogP contribution in [0.2, 0.25) is 0 Å². The van der Waals surface area contributed by atoms with E-state index in [9.17, 15) is 14.4 Å². The number of nitrogens with one attached hydrogen (secondary N) is 1. The van der Waals surface area contributed by atoms with Crippen LogP contribution in [0.3, 0.4) is 0 Å². The molecular formula is C13H19N4O3+. The summed E-state index contributed by atoms with van der Waals surface area (Å²) in [5.74, 6) is 0.123. The highest BCUT2D eigenvalue weighted by molar-refractivity contribution is 5.75. The monoisotopic (exact) mass is 279 g/mol. The van der Waals surface area contributed by atoms with Crippen LogP contribution in [0.1, 0.15) is 26.2 Å². The molecular weight excluding hydrogens is 260 g/mol. The van der Waals surface area contributed by atoms with E-state index in [0.717, 1.165) is 0 Å². The summed E-state index contributed by atoms with van der Waals surface area (Å²) in [5.41, 5.74) is 0.351. The van der Waals surface area contributed by atoms with Gasteiger partial charge in [-0.05, 0) is 19.8 Å². The Morgan fingerprint density at radius 2 is 2.05 bits per heavy atom. The fraction of sp³-hybridized carbons (Fsp3) is 0.538. The number of nitrogens with zero attached hydrogens (tertiary/aromatic N) is 3. The van der Waals surface area contributed by atoms with Crippen LogP contribution in [-0.4, -0.2) is 19.9 Å². The normalized spacial score (nSPS) is 11.2. The molecule has 0 amide bonds. The number of aromatic nitrogens is 4. The van der Waals surface area contributed by atoms with Gasteiger partial charge in [-0.15, -0.1) is 0 Å². The van der Waals surface area contributed by atoms with Crippen molar-refractivity contribution in [2.45, 2.75) is 32.7 Å². The van der Waals surface area contributed by atoms with E-state index in [0.29, 0.717) is 37.0 Å². The van der Waals surface area contributed by atoms with Gasteiger partial charge in [0.25, 0.3) is 11.2 Å². The molecule has 20 heavy (non-hydrogen) atoms. The Balaban J connectivity index is 2.38. The number of H-pyrrole nitrogens is 1. The fourth-order valence-corrected chi connectivity index (χ4v) is 2.30. The van der Waals surface area contributed by atoms with E-state index in [1.54, 1.807) is 25.0 Å². The van der Waals surface area contributed by atoms with Crippen molar-refractivity contribution in [1.82, 2.24) is 14.1 Å². The molecule has 108 valence electrons. The van der Waals surface area contributed by atoms with Crippen LogP contribution >= 0.6 is 0 Å². The van der Waals surface area contributed by atoms with Crippen LogP contribution in [0.15, 0.2) is 15.9 Å². The van der Waals surface area contributed by atoms with Gasteiger partial charge in [-0.25, -0.2) is 14.3 Å². The molecule has 2 aromatic heterocycles. The summed E-state index contributed by atoms with van der Waals surface area (Å²) in [6.45, 7) is 1.87. The number of fused-ring (bicyclic) bond motifs is 1. The first-order chi connectivity index (χ1) is 9.43. The van der Waals surface area contributed by atoms with Crippen molar-refractivity contribution in [2.75, 3.05) is 0 Å². The topological polar surface area (TPSA) is 80.7 Å². The van der Waals surface area contributed by atoms with Crippen molar-refractivity contribution in [2.24, 2.45) is 14.1 Å². The molecule has 7 heteroatoms. The second kappa shape index (κ2) is 5.44. The molecule has 2 aromatic rings. The van der Waals surface area contributed by atoms with Gasteiger partial charge < -0.3 is 4.79 Å². The molecule has 0 saturated carbocycles. The SMILES string of the molecule is CC(=O)CCCCn1c(=O)c2c([nH]c[n+]2C)n(C)c1=O. The standard InChI is InChI=1S/C13H18N4O3/c1-9(18)6-4-5-7-17-12(19)10-11(14-8-15(10)2)16(3)13(17)20/h8H,4-7H2,1-3H3/p+1. The van der Waals surface area contributed by atoms with E-state index >= 15 is 0 Å². The van der Waals surface area contributed by atoms with E-state index in [1.807, 2.05) is 0 Å². The van der Waals surface area contributed by atoms with Crippen LogP contribution < -0.4 is 15.8 Å². The molecule has 0 aliphatic carbocycles. The highest BCUT2D eigenvalue weighted by Crippen LogP contribution is 2.00. The van der Waals surface area contributed by atoms with Gasteiger partial charge in [0.05, 0.1) is 7.05 Å². The third-order valence-electron chi connectivity index (χ3n) is 3.43. The number of aromatic amines is 1. The first kappa shape index (κ1) is 14.2. The summed E-state index contributed by atoms with van der Waals surface area (Å²) >= 11 is 0. The molecule has 0 aromatic carbocycles. The Kier molecular flexibility index (Phi) is 3.87. The van der Waals surface area contributed by atoms with Crippen molar-refractivity contribution >= 4 is 16.9 Å². The lowest BCUT2D eigenvalue weighted by molar-refractivity contribution is -0.645. The zero-order valence-electron chi connectivity index (χ0n) is 12.0. The van der Waals surface area contributed by atoms with E-state index in [2.05, 4.69) is 4.98 Å². The van der Waals surface area contributed by atoms with Gasteiger partial charge in [-0.2, -0.15) is 0 Å². The number of rotatable bonds is 5. The van der Waals surface area contributed by atoms with Crippen LogP contribution in [0.4, 0.5) is 0 Å².